The summed E-state index contributed by atoms with van der Waals surface area (Å²) in [5.74, 6) is 0. The Hall–Kier alpha value is -8.18. The molecule has 0 spiro atoms. The SMILES string of the molecule is c1ccc(-n2c3ccccc3c3c(-n4c5cc([Si](c6ccccc6)(c6ccccc6)c6ccccc6)ccc5c5c(-n6c7ccccc7c7ccccc76)cccc54)cccc32)cc1. The van der Waals surface area contributed by atoms with Crippen LogP contribution in [-0.4, -0.2) is 21.8 Å². The van der Waals surface area contributed by atoms with E-state index in [9.17, 15) is 0 Å². The third kappa shape index (κ3) is 5.21. The van der Waals surface area contributed by atoms with Crippen molar-refractivity contribution >= 4 is 94.2 Å². The zero-order chi connectivity index (χ0) is 42.2. The fraction of sp³-hybridized carbons (Fsp3) is 0. The van der Waals surface area contributed by atoms with Crippen LogP contribution in [-0.2, 0) is 0 Å². The molecule has 0 saturated carbocycles. The van der Waals surface area contributed by atoms with E-state index in [1.54, 1.807) is 0 Å². The van der Waals surface area contributed by atoms with Crippen LogP contribution < -0.4 is 20.7 Å². The summed E-state index contributed by atoms with van der Waals surface area (Å²) in [5, 5.41) is 12.8. The van der Waals surface area contributed by atoms with Crippen molar-refractivity contribution < 1.29 is 0 Å². The highest BCUT2D eigenvalue weighted by atomic mass is 28.3. The van der Waals surface area contributed by atoms with Gasteiger partial charge in [0.25, 0.3) is 0 Å². The molecule has 0 saturated heterocycles. The van der Waals surface area contributed by atoms with Crippen molar-refractivity contribution in [2.24, 2.45) is 0 Å². The lowest BCUT2D eigenvalue weighted by Gasteiger charge is -2.34. The largest absolute Gasteiger partial charge is 0.309 e. The summed E-state index contributed by atoms with van der Waals surface area (Å²) in [7, 11) is -2.89. The molecule has 3 aromatic heterocycles. The van der Waals surface area contributed by atoms with E-state index in [0.29, 0.717) is 0 Å². The number of hydrogen-bond acceptors (Lipinski definition) is 0. The van der Waals surface area contributed by atoms with Crippen molar-refractivity contribution in [3.8, 4) is 17.1 Å². The van der Waals surface area contributed by atoms with Gasteiger partial charge >= 0.3 is 0 Å². The Morgan fingerprint density at radius 1 is 0.234 bits per heavy atom. The van der Waals surface area contributed by atoms with E-state index in [1.807, 2.05) is 0 Å². The summed E-state index contributed by atoms with van der Waals surface area (Å²) in [6.45, 7) is 0. The van der Waals surface area contributed by atoms with Gasteiger partial charge in [0, 0.05) is 38.0 Å². The Morgan fingerprint density at radius 2 is 0.609 bits per heavy atom. The Labute approximate surface area is 372 Å². The molecule has 3 heterocycles. The number of para-hydroxylation sites is 4. The maximum atomic E-state index is 2.58. The van der Waals surface area contributed by atoms with Crippen LogP contribution in [0.3, 0.4) is 0 Å². The Kier molecular flexibility index (Phi) is 8.23. The normalized spacial score (nSPS) is 12.1. The van der Waals surface area contributed by atoms with E-state index in [2.05, 4.69) is 262 Å². The van der Waals surface area contributed by atoms with Crippen LogP contribution in [0.25, 0.3) is 82.5 Å². The molecule has 13 rings (SSSR count). The van der Waals surface area contributed by atoms with Gasteiger partial charge in [0.05, 0.1) is 44.5 Å². The molecule has 0 aliphatic heterocycles. The predicted octanol–water partition coefficient (Wildman–Crippen LogP) is 12.4. The van der Waals surface area contributed by atoms with Crippen LogP contribution in [0.2, 0.25) is 0 Å². The molecule has 300 valence electrons. The average molecular weight is 832 g/mol. The minimum absolute atomic E-state index is 1.15. The third-order valence-electron chi connectivity index (χ3n) is 13.6. The third-order valence-corrected chi connectivity index (χ3v) is 18.3. The standard InChI is InChI=1S/C60H41N3Si/c1-5-21-42(22-6-1)61-53-34-18-15-31-49(53)59-54(61)35-19-37-56(59)63-57-38-20-36-55(62-51-32-16-13-29-47(51)48-30-14-17-33-52(48)62)60(57)50-40-39-46(41-58(50)63)64(43-23-7-2-8-24-43,44-25-9-3-10-26-44)45-27-11-4-12-28-45/h1-41H. The Bertz CT molecular complexity index is 3730. The van der Waals surface area contributed by atoms with Gasteiger partial charge in [-0.1, -0.05) is 188 Å². The number of fused-ring (bicyclic) bond motifs is 9. The van der Waals surface area contributed by atoms with E-state index < -0.39 is 8.07 Å². The average Bonchev–Trinajstić information content (AvgIpc) is 4.01. The van der Waals surface area contributed by atoms with Gasteiger partial charge in [0.2, 0.25) is 0 Å². The lowest BCUT2D eigenvalue weighted by atomic mass is 10.1. The molecular weight excluding hydrogens is 791 g/mol. The van der Waals surface area contributed by atoms with Crippen LogP contribution in [0, 0.1) is 0 Å². The van der Waals surface area contributed by atoms with Crippen molar-refractivity contribution in [2.45, 2.75) is 0 Å². The van der Waals surface area contributed by atoms with E-state index >= 15 is 0 Å². The van der Waals surface area contributed by atoms with Gasteiger partial charge in [-0.25, -0.2) is 0 Å². The number of benzene rings is 10. The molecule has 4 heteroatoms. The lowest BCUT2D eigenvalue weighted by Crippen LogP contribution is -2.74. The van der Waals surface area contributed by atoms with Crippen LogP contribution in [0.15, 0.2) is 249 Å². The quantitative estimate of drug-likeness (QED) is 0.112. The Morgan fingerprint density at radius 3 is 1.12 bits per heavy atom. The molecule has 64 heavy (non-hydrogen) atoms. The summed E-state index contributed by atoms with van der Waals surface area (Å²) in [6.07, 6.45) is 0. The minimum Gasteiger partial charge on any atom is -0.309 e. The Balaban J connectivity index is 1.21. The van der Waals surface area contributed by atoms with Crippen LogP contribution in [0.1, 0.15) is 0 Å². The number of aromatic nitrogens is 3. The zero-order valence-electron chi connectivity index (χ0n) is 35.0. The van der Waals surface area contributed by atoms with Crippen LogP contribution >= 0.6 is 0 Å². The number of nitrogens with zero attached hydrogens (tertiary/aromatic N) is 3. The topological polar surface area (TPSA) is 14.8 Å². The van der Waals surface area contributed by atoms with E-state index in [-0.39, 0.29) is 0 Å². The summed E-state index contributed by atoms with van der Waals surface area (Å²) in [6, 6.07) is 92.4. The van der Waals surface area contributed by atoms with Crippen molar-refractivity contribution in [3.05, 3.63) is 249 Å². The monoisotopic (exact) mass is 831 g/mol. The molecular formula is C60H41N3Si. The van der Waals surface area contributed by atoms with Crippen molar-refractivity contribution in [1.29, 1.82) is 0 Å². The summed E-state index contributed by atoms with van der Waals surface area (Å²) < 4.78 is 7.49. The molecule has 0 unspecified atom stereocenters. The van der Waals surface area contributed by atoms with Gasteiger partial charge in [-0.15, -0.1) is 0 Å². The summed E-state index contributed by atoms with van der Waals surface area (Å²) >= 11 is 0. The molecule has 0 aliphatic rings. The van der Waals surface area contributed by atoms with Gasteiger partial charge in [0.1, 0.15) is 0 Å². The van der Waals surface area contributed by atoms with Crippen molar-refractivity contribution in [3.63, 3.8) is 0 Å². The van der Waals surface area contributed by atoms with Crippen LogP contribution in [0.5, 0.6) is 0 Å². The molecule has 0 amide bonds. The maximum Gasteiger partial charge on any atom is 0.179 e. The van der Waals surface area contributed by atoms with Gasteiger partial charge in [-0.2, -0.15) is 0 Å². The highest BCUT2D eigenvalue weighted by Gasteiger charge is 2.42. The molecule has 10 aromatic carbocycles. The second-order valence-corrected chi connectivity index (χ2v) is 20.6. The maximum absolute atomic E-state index is 2.89. The zero-order valence-corrected chi connectivity index (χ0v) is 36.0. The molecule has 0 radical (unpaired) electrons. The van der Waals surface area contributed by atoms with Crippen molar-refractivity contribution in [1.82, 2.24) is 13.7 Å². The molecule has 0 aliphatic carbocycles. The molecule has 0 bridgehead atoms. The second-order valence-electron chi connectivity index (χ2n) is 16.8. The fourth-order valence-electron chi connectivity index (χ4n) is 11.0. The molecule has 0 atom stereocenters. The van der Waals surface area contributed by atoms with Crippen molar-refractivity contribution in [2.75, 3.05) is 0 Å². The number of rotatable bonds is 7. The summed E-state index contributed by atoms with van der Waals surface area (Å²) in [4.78, 5) is 0. The number of hydrogen-bond donors (Lipinski definition) is 0. The van der Waals surface area contributed by atoms with E-state index in [0.717, 1.165) is 11.4 Å². The smallest absolute Gasteiger partial charge is 0.179 e. The summed E-state index contributed by atoms with van der Waals surface area (Å²) in [5.41, 5.74) is 10.6. The van der Waals surface area contributed by atoms with Gasteiger partial charge in [-0.05, 0) is 81.4 Å². The first kappa shape index (κ1) is 36.5. The first-order valence-corrected chi connectivity index (χ1v) is 24.1. The van der Waals surface area contributed by atoms with Gasteiger partial charge in [-0.3, -0.25) is 0 Å². The predicted molar refractivity (Wildman–Crippen MR) is 273 cm³/mol. The first-order chi connectivity index (χ1) is 31.8. The van der Waals surface area contributed by atoms with Crippen LogP contribution in [0.4, 0.5) is 0 Å². The fourth-order valence-corrected chi connectivity index (χ4v) is 15.8. The van der Waals surface area contributed by atoms with Gasteiger partial charge < -0.3 is 13.7 Å². The molecule has 13 aromatic rings. The van der Waals surface area contributed by atoms with E-state index in [1.165, 1.54) is 91.9 Å². The highest BCUT2D eigenvalue weighted by Crippen LogP contribution is 2.43. The molecule has 0 N–H and O–H groups in total. The highest BCUT2D eigenvalue weighted by molar-refractivity contribution is 7.20. The van der Waals surface area contributed by atoms with E-state index in [4.69, 9.17) is 0 Å². The molecule has 3 nitrogen and oxygen atoms in total. The minimum atomic E-state index is -2.89. The lowest BCUT2D eigenvalue weighted by molar-refractivity contribution is 1.17. The van der Waals surface area contributed by atoms with Gasteiger partial charge in [0.15, 0.2) is 8.07 Å². The first-order valence-electron chi connectivity index (χ1n) is 22.1. The molecule has 0 fully saturated rings. The second kappa shape index (κ2) is 14.5.